The van der Waals surface area contributed by atoms with E-state index in [1.165, 1.54) is 101 Å². The standard InChI is InChI=1S/C38H44O/c1-4-6-8-10-12-29-15-19-31(20-16-29)38(32-21-17-30(18-22-32)13-11-9-7-5-2)36-26-28(3)14-24-34(36)35-25-23-33(39)27-37(35)38/h14-27,39H,4-13H2,1-3H3. The van der Waals surface area contributed by atoms with E-state index in [0.29, 0.717) is 5.75 Å². The van der Waals surface area contributed by atoms with Crippen LogP contribution in [0.15, 0.2) is 84.9 Å². The second kappa shape index (κ2) is 12.2. The summed E-state index contributed by atoms with van der Waals surface area (Å²) in [4.78, 5) is 0. The summed E-state index contributed by atoms with van der Waals surface area (Å²) in [5.41, 5.74) is 11.1. The fraction of sp³-hybridized carbons (Fsp3) is 0.368. The summed E-state index contributed by atoms with van der Waals surface area (Å²) in [5.74, 6) is 0.322. The molecular weight excluding hydrogens is 472 g/mol. The van der Waals surface area contributed by atoms with Gasteiger partial charge in [-0.15, -0.1) is 0 Å². The number of benzene rings is 4. The van der Waals surface area contributed by atoms with Crippen LogP contribution < -0.4 is 0 Å². The lowest BCUT2D eigenvalue weighted by Crippen LogP contribution is -2.28. The fourth-order valence-electron chi connectivity index (χ4n) is 6.57. The van der Waals surface area contributed by atoms with E-state index in [1.807, 2.05) is 12.1 Å². The van der Waals surface area contributed by atoms with Crippen LogP contribution in [0.25, 0.3) is 11.1 Å². The van der Waals surface area contributed by atoms with Crippen molar-refractivity contribution in [3.05, 3.63) is 124 Å². The lowest BCUT2D eigenvalue weighted by molar-refractivity contribution is 0.474. The first-order valence-electron chi connectivity index (χ1n) is 15.2. The number of rotatable bonds is 12. The number of unbranched alkanes of at least 4 members (excludes halogenated alkanes) is 6. The highest BCUT2D eigenvalue weighted by Crippen LogP contribution is 2.57. The van der Waals surface area contributed by atoms with Gasteiger partial charge in [-0.2, -0.15) is 0 Å². The van der Waals surface area contributed by atoms with E-state index >= 15 is 0 Å². The van der Waals surface area contributed by atoms with Gasteiger partial charge in [0.2, 0.25) is 0 Å². The molecule has 0 fully saturated rings. The highest BCUT2D eigenvalue weighted by atomic mass is 16.3. The third-order valence-electron chi connectivity index (χ3n) is 8.69. The van der Waals surface area contributed by atoms with Crippen molar-refractivity contribution in [1.29, 1.82) is 0 Å². The van der Waals surface area contributed by atoms with E-state index in [1.54, 1.807) is 0 Å². The zero-order chi connectivity index (χ0) is 27.2. The van der Waals surface area contributed by atoms with Gasteiger partial charge in [-0.3, -0.25) is 0 Å². The molecule has 0 aliphatic heterocycles. The zero-order valence-electron chi connectivity index (χ0n) is 24.1. The van der Waals surface area contributed by atoms with Gasteiger partial charge in [0.05, 0.1) is 5.41 Å². The van der Waals surface area contributed by atoms with E-state index in [0.717, 1.165) is 12.8 Å². The Hall–Kier alpha value is -3.32. The third-order valence-corrected chi connectivity index (χ3v) is 8.69. The molecule has 1 nitrogen and oxygen atoms in total. The van der Waals surface area contributed by atoms with Crippen LogP contribution in [0.2, 0.25) is 0 Å². The molecule has 0 spiro atoms. The average Bonchev–Trinajstić information content (AvgIpc) is 3.23. The summed E-state index contributed by atoms with van der Waals surface area (Å²) in [6, 6.07) is 31.5. The number of hydrogen-bond acceptors (Lipinski definition) is 1. The van der Waals surface area contributed by atoms with E-state index in [-0.39, 0.29) is 0 Å². The molecule has 0 saturated heterocycles. The van der Waals surface area contributed by atoms with Gasteiger partial charge in [-0.05, 0) is 89.2 Å². The smallest absolute Gasteiger partial charge is 0.115 e. The van der Waals surface area contributed by atoms with Crippen LogP contribution >= 0.6 is 0 Å². The lowest BCUT2D eigenvalue weighted by Gasteiger charge is -2.34. The predicted molar refractivity (Wildman–Crippen MR) is 166 cm³/mol. The minimum atomic E-state index is -0.461. The topological polar surface area (TPSA) is 20.2 Å². The average molecular weight is 517 g/mol. The molecule has 39 heavy (non-hydrogen) atoms. The molecule has 0 amide bonds. The number of phenols is 1. The summed E-state index contributed by atoms with van der Waals surface area (Å²) < 4.78 is 0. The van der Waals surface area contributed by atoms with Crippen molar-refractivity contribution >= 4 is 0 Å². The van der Waals surface area contributed by atoms with Gasteiger partial charge in [0.15, 0.2) is 0 Å². The second-order valence-corrected chi connectivity index (χ2v) is 11.5. The zero-order valence-corrected chi connectivity index (χ0v) is 24.1. The molecule has 1 aliphatic rings. The van der Waals surface area contributed by atoms with Gasteiger partial charge in [-0.1, -0.05) is 131 Å². The molecule has 4 aromatic rings. The van der Waals surface area contributed by atoms with Crippen molar-refractivity contribution in [2.75, 3.05) is 0 Å². The molecule has 1 aliphatic carbocycles. The van der Waals surface area contributed by atoms with Crippen molar-refractivity contribution in [3.63, 3.8) is 0 Å². The fourth-order valence-corrected chi connectivity index (χ4v) is 6.57. The predicted octanol–water partition coefficient (Wildman–Crippen LogP) is 10.3. The molecule has 4 aromatic carbocycles. The maximum Gasteiger partial charge on any atom is 0.115 e. The molecule has 5 rings (SSSR count). The third kappa shape index (κ3) is 5.42. The Bertz CT molecular complexity index is 1270. The summed E-state index contributed by atoms with van der Waals surface area (Å²) in [6.45, 7) is 6.72. The minimum Gasteiger partial charge on any atom is -0.508 e. The van der Waals surface area contributed by atoms with Crippen LogP contribution in [0.3, 0.4) is 0 Å². The van der Waals surface area contributed by atoms with Gasteiger partial charge in [0.1, 0.15) is 5.75 Å². The first kappa shape index (κ1) is 27.3. The second-order valence-electron chi connectivity index (χ2n) is 11.5. The largest absolute Gasteiger partial charge is 0.508 e. The molecule has 0 atom stereocenters. The molecular formula is C38H44O. The Labute approximate surface area is 236 Å². The van der Waals surface area contributed by atoms with Gasteiger partial charge < -0.3 is 5.11 Å². The van der Waals surface area contributed by atoms with Crippen LogP contribution in [0.1, 0.15) is 104 Å². The van der Waals surface area contributed by atoms with E-state index in [9.17, 15) is 5.11 Å². The Kier molecular flexibility index (Phi) is 8.56. The quantitative estimate of drug-likeness (QED) is 0.164. The monoisotopic (exact) mass is 516 g/mol. The molecule has 0 radical (unpaired) electrons. The van der Waals surface area contributed by atoms with Crippen molar-refractivity contribution in [3.8, 4) is 16.9 Å². The number of aryl methyl sites for hydroxylation is 3. The first-order valence-corrected chi connectivity index (χ1v) is 15.2. The van der Waals surface area contributed by atoms with Crippen molar-refractivity contribution in [2.45, 2.75) is 90.4 Å². The normalized spacial score (nSPS) is 13.3. The van der Waals surface area contributed by atoms with E-state index in [4.69, 9.17) is 0 Å². The number of hydrogen-bond donors (Lipinski definition) is 1. The van der Waals surface area contributed by atoms with E-state index < -0.39 is 5.41 Å². The Morgan fingerprint density at radius 1 is 0.538 bits per heavy atom. The Morgan fingerprint density at radius 3 is 1.54 bits per heavy atom. The number of phenolic OH excluding ortho intramolecular Hbond substituents is 1. The van der Waals surface area contributed by atoms with Crippen LogP contribution in [-0.2, 0) is 18.3 Å². The van der Waals surface area contributed by atoms with Gasteiger partial charge in [-0.25, -0.2) is 0 Å². The first-order chi connectivity index (χ1) is 19.1. The molecule has 0 aromatic heterocycles. The lowest BCUT2D eigenvalue weighted by atomic mass is 9.67. The molecule has 0 heterocycles. The van der Waals surface area contributed by atoms with Crippen LogP contribution in [0.4, 0.5) is 0 Å². The Balaban J connectivity index is 1.62. The Morgan fingerprint density at radius 2 is 1.03 bits per heavy atom. The maximum absolute atomic E-state index is 10.7. The molecule has 0 unspecified atom stereocenters. The van der Waals surface area contributed by atoms with Crippen molar-refractivity contribution < 1.29 is 5.11 Å². The maximum atomic E-state index is 10.7. The SMILES string of the molecule is CCCCCCc1ccc(C2(c3ccc(CCCCCC)cc3)c3cc(C)ccc3-c3ccc(O)cc32)cc1. The molecule has 0 saturated carbocycles. The summed E-state index contributed by atoms with van der Waals surface area (Å²) >= 11 is 0. The molecule has 1 N–H and O–H groups in total. The van der Waals surface area contributed by atoms with Gasteiger partial charge in [0, 0.05) is 0 Å². The number of aromatic hydroxyl groups is 1. The van der Waals surface area contributed by atoms with Crippen LogP contribution in [0.5, 0.6) is 5.75 Å². The molecule has 202 valence electrons. The van der Waals surface area contributed by atoms with E-state index in [2.05, 4.69) is 93.6 Å². The minimum absolute atomic E-state index is 0.322. The number of fused-ring (bicyclic) bond motifs is 3. The van der Waals surface area contributed by atoms with Crippen LogP contribution in [-0.4, -0.2) is 5.11 Å². The summed E-state index contributed by atoms with van der Waals surface area (Å²) in [5, 5.41) is 10.7. The van der Waals surface area contributed by atoms with Crippen molar-refractivity contribution in [1.82, 2.24) is 0 Å². The van der Waals surface area contributed by atoms with Crippen LogP contribution in [0, 0.1) is 6.92 Å². The highest BCUT2D eigenvalue weighted by molar-refractivity contribution is 5.87. The summed E-state index contributed by atoms with van der Waals surface area (Å²) in [7, 11) is 0. The van der Waals surface area contributed by atoms with Gasteiger partial charge >= 0.3 is 0 Å². The molecule has 0 bridgehead atoms. The van der Waals surface area contributed by atoms with Gasteiger partial charge in [0.25, 0.3) is 0 Å². The van der Waals surface area contributed by atoms with Crippen molar-refractivity contribution in [2.24, 2.45) is 0 Å². The highest BCUT2D eigenvalue weighted by Gasteiger charge is 2.46. The summed E-state index contributed by atoms with van der Waals surface area (Å²) in [6.07, 6.45) is 12.5. The molecule has 1 heteroatoms.